The first kappa shape index (κ1) is 13.5. The fourth-order valence-electron chi connectivity index (χ4n) is 1.51. The van der Waals surface area contributed by atoms with Gasteiger partial charge in [-0.1, -0.05) is 13.8 Å². The van der Waals surface area contributed by atoms with Crippen LogP contribution in [0.5, 0.6) is 5.75 Å². The lowest BCUT2D eigenvalue weighted by Gasteiger charge is -2.17. The number of methoxy groups -OCH3 is 1. The van der Waals surface area contributed by atoms with Crippen LogP contribution in [0, 0.1) is 11.8 Å². The molecule has 0 radical (unpaired) electrons. The van der Waals surface area contributed by atoms with Gasteiger partial charge < -0.3 is 15.2 Å². The summed E-state index contributed by atoms with van der Waals surface area (Å²) in [6.45, 7) is 3.68. The van der Waals surface area contributed by atoms with E-state index in [4.69, 9.17) is 9.84 Å². The van der Waals surface area contributed by atoms with Crippen molar-refractivity contribution < 1.29 is 14.6 Å². The van der Waals surface area contributed by atoms with Crippen molar-refractivity contribution in [1.29, 1.82) is 0 Å². The Morgan fingerprint density at radius 2 is 1.94 bits per heavy atom. The third kappa shape index (κ3) is 3.75. The highest BCUT2D eigenvalue weighted by Crippen LogP contribution is 2.17. The van der Waals surface area contributed by atoms with Crippen LogP contribution in [0.25, 0.3) is 0 Å². The molecule has 17 heavy (non-hydrogen) atoms. The first-order valence-corrected chi connectivity index (χ1v) is 5.64. The van der Waals surface area contributed by atoms with E-state index in [-0.39, 0.29) is 24.3 Å². The maximum atomic E-state index is 11.8. The number of aliphatic hydroxyl groups excluding tert-OH is 1. The van der Waals surface area contributed by atoms with Gasteiger partial charge in [-0.15, -0.1) is 0 Å². The number of carbonyl (C=O) groups is 1. The van der Waals surface area contributed by atoms with Crippen molar-refractivity contribution in [3.05, 3.63) is 24.3 Å². The molecule has 0 aromatic heterocycles. The van der Waals surface area contributed by atoms with Crippen LogP contribution < -0.4 is 10.1 Å². The van der Waals surface area contributed by atoms with E-state index in [0.717, 1.165) is 5.75 Å². The van der Waals surface area contributed by atoms with Gasteiger partial charge >= 0.3 is 0 Å². The molecule has 0 saturated heterocycles. The van der Waals surface area contributed by atoms with Crippen LogP contribution in [0.3, 0.4) is 0 Å². The van der Waals surface area contributed by atoms with Gasteiger partial charge in [0.1, 0.15) is 5.75 Å². The molecule has 1 amide bonds. The van der Waals surface area contributed by atoms with Crippen LogP contribution >= 0.6 is 0 Å². The number of rotatable bonds is 5. The number of hydrogen-bond donors (Lipinski definition) is 2. The molecule has 0 aliphatic carbocycles. The molecule has 1 atom stereocenters. The van der Waals surface area contributed by atoms with E-state index in [1.807, 2.05) is 13.8 Å². The van der Waals surface area contributed by atoms with E-state index in [0.29, 0.717) is 5.69 Å². The van der Waals surface area contributed by atoms with Gasteiger partial charge in [-0.05, 0) is 30.2 Å². The Bertz CT molecular complexity index is 359. The first-order chi connectivity index (χ1) is 8.08. The number of carbonyl (C=O) groups excluding carboxylic acids is 1. The molecule has 4 nitrogen and oxygen atoms in total. The van der Waals surface area contributed by atoms with Gasteiger partial charge in [0.2, 0.25) is 5.91 Å². The van der Waals surface area contributed by atoms with Gasteiger partial charge in [-0.25, -0.2) is 0 Å². The molecule has 1 unspecified atom stereocenters. The number of amides is 1. The number of anilines is 1. The second-order valence-electron chi connectivity index (χ2n) is 4.25. The van der Waals surface area contributed by atoms with Crippen LogP contribution in [-0.4, -0.2) is 24.7 Å². The summed E-state index contributed by atoms with van der Waals surface area (Å²) in [5.74, 6) is 0.314. The van der Waals surface area contributed by atoms with Crippen molar-refractivity contribution in [2.75, 3.05) is 19.0 Å². The van der Waals surface area contributed by atoms with E-state index in [1.54, 1.807) is 31.4 Å². The number of aliphatic hydroxyl groups is 1. The van der Waals surface area contributed by atoms with Gasteiger partial charge in [0.05, 0.1) is 19.6 Å². The molecule has 1 aromatic rings. The second-order valence-corrected chi connectivity index (χ2v) is 4.25. The molecule has 0 fully saturated rings. The SMILES string of the molecule is COc1ccc(NC(=O)C(CO)C(C)C)cc1. The molecule has 0 spiro atoms. The molecule has 1 rings (SSSR count). The highest BCUT2D eigenvalue weighted by molar-refractivity contribution is 5.92. The third-order valence-corrected chi connectivity index (χ3v) is 2.70. The minimum Gasteiger partial charge on any atom is -0.497 e. The van der Waals surface area contributed by atoms with Crippen LogP contribution in [-0.2, 0) is 4.79 Å². The summed E-state index contributed by atoms with van der Waals surface area (Å²) in [5, 5.41) is 11.9. The summed E-state index contributed by atoms with van der Waals surface area (Å²) in [6, 6.07) is 7.09. The quantitative estimate of drug-likeness (QED) is 0.822. The zero-order valence-corrected chi connectivity index (χ0v) is 10.4. The molecule has 0 aliphatic rings. The maximum Gasteiger partial charge on any atom is 0.230 e. The first-order valence-electron chi connectivity index (χ1n) is 5.64. The van der Waals surface area contributed by atoms with Crippen molar-refractivity contribution in [2.24, 2.45) is 11.8 Å². The minimum absolute atomic E-state index is 0.109. The smallest absolute Gasteiger partial charge is 0.230 e. The van der Waals surface area contributed by atoms with Gasteiger partial charge in [-0.3, -0.25) is 4.79 Å². The van der Waals surface area contributed by atoms with E-state index in [1.165, 1.54) is 0 Å². The van der Waals surface area contributed by atoms with Crippen LogP contribution in [0.1, 0.15) is 13.8 Å². The Morgan fingerprint density at radius 1 is 1.35 bits per heavy atom. The Kier molecular flexibility index (Phi) is 4.97. The van der Waals surface area contributed by atoms with Crippen LogP contribution in [0.2, 0.25) is 0 Å². The highest BCUT2D eigenvalue weighted by Gasteiger charge is 2.21. The summed E-state index contributed by atoms with van der Waals surface area (Å²) in [6.07, 6.45) is 0. The topological polar surface area (TPSA) is 58.6 Å². The van der Waals surface area contributed by atoms with E-state index >= 15 is 0 Å². The van der Waals surface area contributed by atoms with Crippen molar-refractivity contribution in [1.82, 2.24) is 0 Å². The zero-order chi connectivity index (χ0) is 12.8. The maximum absolute atomic E-state index is 11.8. The number of nitrogens with one attached hydrogen (secondary N) is 1. The van der Waals surface area contributed by atoms with Crippen molar-refractivity contribution >= 4 is 11.6 Å². The molecule has 1 aromatic carbocycles. The van der Waals surface area contributed by atoms with Crippen molar-refractivity contribution in [3.8, 4) is 5.75 Å². The summed E-state index contributed by atoms with van der Waals surface area (Å²) >= 11 is 0. The Hall–Kier alpha value is -1.55. The van der Waals surface area contributed by atoms with Gasteiger partial charge in [0.25, 0.3) is 0 Å². The fourth-order valence-corrected chi connectivity index (χ4v) is 1.51. The molecule has 4 heteroatoms. The average Bonchev–Trinajstić information content (AvgIpc) is 2.30. The van der Waals surface area contributed by atoms with Gasteiger partial charge in [0, 0.05) is 5.69 Å². The number of ether oxygens (including phenoxy) is 1. The zero-order valence-electron chi connectivity index (χ0n) is 10.4. The van der Waals surface area contributed by atoms with Gasteiger partial charge in [-0.2, -0.15) is 0 Å². The monoisotopic (exact) mass is 237 g/mol. The molecular formula is C13H19NO3. The Morgan fingerprint density at radius 3 is 2.35 bits per heavy atom. The standard InChI is InChI=1S/C13H19NO3/c1-9(2)12(8-15)13(16)14-10-4-6-11(17-3)7-5-10/h4-7,9,12,15H,8H2,1-3H3,(H,14,16). The molecule has 0 bridgehead atoms. The van der Waals surface area contributed by atoms with Crippen LogP contribution in [0.4, 0.5) is 5.69 Å². The molecule has 0 saturated carbocycles. The average molecular weight is 237 g/mol. The summed E-state index contributed by atoms with van der Waals surface area (Å²) in [7, 11) is 1.59. The summed E-state index contributed by atoms with van der Waals surface area (Å²) < 4.78 is 5.03. The van der Waals surface area contributed by atoms with E-state index < -0.39 is 0 Å². The molecule has 2 N–H and O–H groups in total. The van der Waals surface area contributed by atoms with Gasteiger partial charge in [0.15, 0.2) is 0 Å². The number of benzene rings is 1. The minimum atomic E-state index is -0.378. The predicted molar refractivity (Wildman–Crippen MR) is 67.0 cm³/mol. The highest BCUT2D eigenvalue weighted by atomic mass is 16.5. The van der Waals surface area contributed by atoms with E-state index in [2.05, 4.69) is 5.32 Å². The van der Waals surface area contributed by atoms with E-state index in [9.17, 15) is 4.79 Å². The third-order valence-electron chi connectivity index (χ3n) is 2.70. The Balaban J connectivity index is 2.66. The summed E-state index contributed by atoms with van der Waals surface area (Å²) in [5.41, 5.74) is 0.704. The largest absolute Gasteiger partial charge is 0.497 e. The van der Waals surface area contributed by atoms with Crippen molar-refractivity contribution in [3.63, 3.8) is 0 Å². The molecule has 94 valence electrons. The molecular weight excluding hydrogens is 218 g/mol. The Labute approximate surface area is 102 Å². The lowest BCUT2D eigenvalue weighted by atomic mass is 9.96. The second kappa shape index (κ2) is 6.25. The van der Waals surface area contributed by atoms with Crippen LogP contribution in [0.15, 0.2) is 24.3 Å². The fraction of sp³-hybridized carbons (Fsp3) is 0.462. The number of hydrogen-bond acceptors (Lipinski definition) is 3. The molecule has 0 aliphatic heterocycles. The summed E-state index contributed by atoms with van der Waals surface area (Å²) in [4.78, 5) is 11.8. The normalized spacial score (nSPS) is 12.3. The lowest BCUT2D eigenvalue weighted by Crippen LogP contribution is -2.29. The predicted octanol–water partition coefficient (Wildman–Crippen LogP) is 1.90. The molecule has 0 heterocycles. The van der Waals surface area contributed by atoms with Crippen molar-refractivity contribution in [2.45, 2.75) is 13.8 Å². The lowest BCUT2D eigenvalue weighted by molar-refractivity contribution is -0.122.